The number of imide groups is 1. The summed E-state index contributed by atoms with van der Waals surface area (Å²) in [6, 6.07) is 7.84. The second-order valence-corrected chi connectivity index (χ2v) is 7.98. The summed E-state index contributed by atoms with van der Waals surface area (Å²) in [7, 11) is -0.281. The Morgan fingerprint density at radius 2 is 1.79 bits per heavy atom. The van der Waals surface area contributed by atoms with Crippen LogP contribution < -0.4 is 10.6 Å². The van der Waals surface area contributed by atoms with Crippen LogP contribution in [0.5, 0.6) is 0 Å². The van der Waals surface area contributed by atoms with E-state index in [2.05, 4.69) is 10.6 Å². The third-order valence-electron chi connectivity index (χ3n) is 5.55. The third kappa shape index (κ3) is 3.69. The molecule has 28 heavy (non-hydrogen) atoms. The lowest BCUT2D eigenvalue weighted by molar-refractivity contribution is -0.140. The van der Waals surface area contributed by atoms with Gasteiger partial charge in [-0.2, -0.15) is 0 Å². The Morgan fingerprint density at radius 1 is 1.18 bits per heavy atom. The van der Waals surface area contributed by atoms with Crippen LogP contribution in [0.2, 0.25) is 0 Å². The molecule has 0 aromatic heterocycles. The van der Waals surface area contributed by atoms with E-state index in [9.17, 15) is 24.4 Å². The van der Waals surface area contributed by atoms with Crippen LogP contribution in [-0.2, 0) is 14.4 Å². The number of nitrogens with zero attached hydrogens (tertiary/aromatic N) is 1. The fourth-order valence-corrected chi connectivity index (χ4v) is 4.20. The zero-order valence-electron chi connectivity index (χ0n) is 16.2. The quantitative estimate of drug-likeness (QED) is 0.385. The molecule has 3 rings (SSSR count). The standard InChI is InChI=1S/C19H26BN3O5/c1-10(2)9-12(20(27)28)21-17(24)16-14-13(18(25)23(3)19(14)26)15(22-16)11-7-5-4-6-8-11/h4-8,10,12-16,22,27-28H,9H2,1-3H3,(H,21,24)/t12-,13-,14+,15-,16-/m0/s1. The molecule has 2 heterocycles. The summed E-state index contributed by atoms with van der Waals surface area (Å²) < 4.78 is 0. The Morgan fingerprint density at radius 3 is 2.36 bits per heavy atom. The van der Waals surface area contributed by atoms with Crippen molar-refractivity contribution < 1.29 is 24.4 Å². The molecule has 9 heteroatoms. The number of hydrogen-bond donors (Lipinski definition) is 4. The van der Waals surface area contributed by atoms with Gasteiger partial charge in [-0.25, -0.2) is 0 Å². The van der Waals surface area contributed by atoms with Crippen molar-refractivity contribution in [3.63, 3.8) is 0 Å². The number of fused-ring (bicyclic) bond motifs is 1. The van der Waals surface area contributed by atoms with Gasteiger partial charge in [-0.05, 0) is 17.9 Å². The molecule has 3 amide bonds. The third-order valence-corrected chi connectivity index (χ3v) is 5.55. The van der Waals surface area contributed by atoms with Crippen LogP contribution in [-0.4, -0.2) is 58.8 Å². The first-order chi connectivity index (χ1) is 13.2. The van der Waals surface area contributed by atoms with Gasteiger partial charge in [0.1, 0.15) is 0 Å². The number of hydrogen-bond acceptors (Lipinski definition) is 6. The normalized spacial score (nSPS) is 27.9. The van der Waals surface area contributed by atoms with Gasteiger partial charge in [0, 0.05) is 13.1 Å². The van der Waals surface area contributed by atoms with Gasteiger partial charge in [-0.15, -0.1) is 0 Å². The highest BCUT2D eigenvalue weighted by atomic mass is 16.4. The molecule has 0 unspecified atom stereocenters. The highest BCUT2D eigenvalue weighted by molar-refractivity contribution is 6.43. The Bertz CT molecular complexity index is 757. The molecule has 150 valence electrons. The fraction of sp³-hybridized carbons (Fsp3) is 0.526. The van der Waals surface area contributed by atoms with Gasteiger partial charge in [0.2, 0.25) is 17.7 Å². The molecule has 1 aromatic rings. The minimum atomic E-state index is -1.71. The number of carbonyl (C=O) groups is 3. The first-order valence-corrected chi connectivity index (χ1v) is 9.51. The van der Waals surface area contributed by atoms with E-state index in [0.29, 0.717) is 6.42 Å². The van der Waals surface area contributed by atoms with E-state index in [1.807, 2.05) is 44.2 Å². The summed E-state index contributed by atoms with van der Waals surface area (Å²) in [5.74, 6) is -3.43. The van der Waals surface area contributed by atoms with Crippen molar-refractivity contribution in [2.45, 2.75) is 38.3 Å². The number of carbonyl (C=O) groups excluding carboxylic acids is 3. The first kappa shape index (κ1) is 20.5. The van der Waals surface area contributed by atoms with E-state index in [4.69, 9.17) is 0 Å². The van der Waals surface area contributed by atoms with Crippen LogP contribution in [0.1, 0.15) is 31.9 Å². The summed E-state index contributed by atoms with van der Waals surface area (Å²) >= 11 is 0. The molecule has 2 aliphatic heterocycles. The highest BCUT2D eigenvalue weighted by Crippen LogP contribution is 2.43. The maximum atomic E-state index is 12.9. The second-order valence-electron chi connectivity index (χ2n) is 7.98. The van der Waals surface area contributed by atoms with Crippen LogP contribution in [0.3, 0.4) is 0 Å². The summed E-state index contributed by atoms with van der Waals surface area (Å²) in [4.78, 5) is 39.4. The molecule has 0 saturated carbocycles. The predicted molar refractivity (Wildman–Crippen MR) is 102 cm³/mol. The molecule has 4 N–H and O–H groups in total. The van der Waals surface area contributed by atoms with E-state index in [-0.39, 0.29) is 11.8 Å². The van der Waals surface area contributed by atoms with Crippen molar-refractivity contribution in [3.05, 3.63) is 35.9 Å². The smallest absolute Gasteiger partial charge is 0.426 e. The molecule has 2 fully saturated rings. The molecule has 0 radical (unpaired) electrons. The van der Waals surface area contributed by atoms with Crippen molar-refractivity contribution in [1.82, 2.24) is 15.5 Å². The predicted octanol–water partition coefficient (Wildman–Crippen LogP) is -0.527. The summed E-state index contributed by atoms with van der Waals surface area (Å²) in [5, 5.41) is 25.0. The first-order valence-electron chi connectivity index (χ1n) is 9.51. The van der Waals surface area contributed by atoms with E-state index in [1.165, 1.54) is 7.05 Å². The number of amides is 3. The van der Waals surface area contributed by atoms with Crippen molar-refractivity contribution in [3.8, 4) is 0 Å². The summed E-state index contributed by atoms with van der Waals surface area (Å²) in [6.07, 6.45) is 0.374. The van der Waals surface area contributed by atoms with Crippen molar-refractivity contribution in [1.29, 1.82) is 0 Å². The second kappa shape index (κ2) is 8.02. The van der Waals surface area contributed by atoms with Crippen molar-refractivity contribution >= 4 is 24.8 Å². The van der Waals surface area contributed by atoms with E-state index >= 15 is 0 Å². The lowest BCUT2D eigenvalue weighted by atomic mass is 9.74. The molecule has 1 aromatic carbocycles. The minimum Gasteiger partial charge on any atom is -0.426 e. The molecule has 8 nitrogen and oxygen atoms in total. The highest BCUT2D eigenvalue weighted by Gasteiger charge is 2.60. The molecule has 5 atom stereocenters. The van der Waals surface area contributed by atoms with Crippen molar-refractivity contribution in [2.75, 3.05) is 7.05 Å². The van der Waals surface area contributed by atoms with E-state index in [1.54, 1.807) is 0 Å². The van der Waals surface area contributed by atoms with Crippen LogP contribution in [0, 0.1) is 17.8 Å². The molecule has 2 aliphatic rings. The Kier molecular flexibility index (Phi) is 5.88. The van der Waals surface area contributed by atoms with Crippen molar-refractivity contribution in [2.24, 2.45) is 17.8 Å². The minimum absolute atomic E-state index is 0.134. The van der Waals surface area contributed by atoms with Crippen LogP contribution in [0.25, 0.3) is 0 Å². The average Bonchev–Trinajstić information content (AvgIpc) is 3.15. The monoisotopic (exact) mass is 387 g/mol. The molecule has 0 bridgehead atoms. The number of benzene rings is 1. The molecule has 0 aliphatic carbocycles. The van der Waals surface area contributed by atoms with Gasteiger partial charge < -0.3 is 15.4 Å². The van der Waals surface area contributed by atoms with Gasteiger partial charge >= 0.3 is 7.12 Å². The summed E-state index contributed by atoms with van der Waals surface area (Å²) in [6.45, 7) is 3.82. The van der Waals surface area contributed by atoms with Crippen LogP contribution in [0.15, 0.2) is 30.3 Å². The zero-order valence-corrected chi connectivity index (χ0v) is 16.2. The van der Waals surface area contributed by atoms with Gasteiger partial charge in [0.15, 0.2) is 0 Å². The van der Waals surface area contributed by atoms with Gasteiger partial charge in [0.25, 0.3) is 0 Å². The van der Waals surface area contributed by atoms with Crippen LogP contribution >= 0.6 is 0 Å². The Labute approximate surface area is 164 Å². The average molecular weight is 387 g/mol. The topological polar surface area (TPSA) is 119 Å². The molecular formula is C19H26BN3O5. The Balaban J connectivity index is 1.87. The summed E-state index contributed by atoms with van der Waals surface area (Å²) in [5.41, 5.74) is 0.824. The van der Waals surface area contributed by atoms with Crippen LogP contribution in [0.4, 0.5) is 0 Å². The molecule has 0 spiro atoms. The van der Waals surface area contributed by atoms with Gasteiger partial charge in [-0.1, -0.05) is 44.2 Å². The largest absolute Gasteiger partial charge is 0.475 e. The number of rotatable bonds is 6. The number of nitrogens with one attached hydrogen (secondary N) is 2. The SMILES string of the molecule is CC(C)C[C@H](NC(=O)[C@H]1N[C@@H](c2ccccc2)[C@H]2C(=O)N(C)C(=O)[C@H]21)B(O)O. The Hall–Kier alpha value is -2.23. The molecule has 2 saturated heterocycles. The lowest BCUT2D eigenvalue weighted by Crippen LogP contribution is -2.54. The number of likely N-dealkylation sites (tertiary alicyclic amines) is 1. The maximum absolute atomic E-state index is 12.9. The van der Waals surface area contributed by atoms with Gasteiger partial charge in [-0.3, -0.25) is 24.6 Å². The van der Waals surface area contributed by atoms with E-state index in [0.717, 1.165) is 10.5 Å². The molecular weight excluding hydrogens is 361 g/mol. The lowest BCUT2D eigenvalue weighted by Gasteiger charge is -2.24. The van der Waals surface area contributed by atoms with E-state index < -0.39 is 48.8 Å². The van der Waals surface area contributed by atoms with Gasteiger partial charge in [0.05, 0.1) is 23.8 Å². The zero-order chi connectivity index (χ0) is 20.6. The maximum Gasteiger partial charge on any atom is 0.475 e. The fourth-order valence-electron chi connectivity index (χ4n) is 4.20.